The predicted octanol–water partition coefficient (Wildman–Crippen LogP) is 0.811. The molecule has 4 amide bonds. The fourth-order valence-electron chi connectivity index (χ4n) is 3.87. The summed E-state index contributed by atoms with van der Waals surface area (Å²) < 4.78 is 25.4. The van der Waals surface area contributed by atoms with Gasteiger partial charge in [-0.05, 0) is 37.7 Å². The minimum absolute atomic E-state index is 0.0144. The van der Waals surface area contributed by atoms with E-state index in [9.17, 15) is 28.5 Å². The summed E-state index contributed by atoms with van der Waals surface area (Å²) in [5.41, 5.74) is 0.0587. The maximum absolute atomic E-state index is 13.3. The summed E-state index contributed by atoms with van der Waals surface area (Å²) >= 11 is 0. The first-order valence-corrected chi connectivity index (χ1v) is 14.1. The molecule has 0 radical (unpaired) electrons. The first kappa shape index (κ1) is 34.0. The number of carbonyl (C=O) groups excluding carboxylic acids is 5. The predicted molar refractivity (Wildman–Crippen MR) is 148 cm³/mol. The van der Waals surface area contributed by atoms with Crippen molar-refractivity contribution in [1.82, 2.24) is 21.3 Å². The molecule has 1 aliphatic rings. The third-order valence-corrected chi connectivity index (χ3v) is 6.51. The van der Waals surface area contributed by atoms with Gasteiger partial charge in [-0.15, -0.1) is 0 Å². The van der Waals surface area contributed by atoms with E-state index in [0.29, 0.717) is 12.8 Å². The molecule has 0 aliphatic carbocycles. The zero-order chi connectivity index (χ0) is 30.4. The van der Waals surface area contributed by atoms with Crippen LogP contribution in [0.5, 0.6) is 0 Å². The number of amides is 4. The van der Waals surface area contributed by atoms with Crippen molar-refractivity contribution in [3.05, 3.63) is 35.9 Å². The molecule has 1 aromatic carbocycles. The lowest BCUT2D eigenvalue weighted by Crippen LogP contribution is -2.58. The van der Waals surface area contributed by atoms with E-state index >= 15 is 0 Å². The SMILES string of the molecule is CC(=O)N[C@@H](CCc1ccccc1)C(=O)N[C@@H](CC(C)C)C(=O)N[C@@H](COCOP=O)C(=O)NCC(=O)[C@@]1(C)CO1. The maximum Gasteiger partial charge on any atom is 0.329 e. The highest BCUT2D eigenvalue weighted by molar-refractivity contribution is 7.17. The third-order valence-electron chi connectivity index (χ3n) is 6.30. The number of hydrogen-bond acceptors (Lipinski definition) is 9. The molecule has 1 aliphatic heterocycles. The summed E-state index contributed by atoms with van der Waals surface area (Å²) in [6.07, 6.45) is 1.07. The summed E-state index contributed by atoms with van der Waals surface area (Å²) in [4.78, 5) is 63.5. The van der Waals surface area contributed by atoms with Crippen LogP contribution in [0.4, 0.5) is 0 Å². The molecule has 4 atom stereocenters. The van der Waals surface area contributed by atoms with E-state index in [1.165, 1.54) is 6.92 Å². The van der Waals surface area contributed by atoms with E-state index in [-0.39, 0.29) is 37.9 Å². The molecule has 0 bridgehead atoms. The second-order valence-corrected chi connectivity index (χ2v) is 10.8. The number of nitrogens with one attached hydrogen (secondary N) is 4. The summed E-state index contributed by atoms with van der Waals surface area (Å²) in [5, 5.41) is 10.4. The molecule has 0 saturated carbocycles. The standard InChI is InChI=1S/C27H39N4O9P/c1-17(2)12-21(30-25(35)20(29-18(3)32)11-10-19-8-6-5-7-9-19)26(36)31-22(14-38-16-40-41-37)24(34)28-13-23(33)27(4)15-39-27/h5-9,17,20-22H,10-16H2,1-4H3,(H,28,34)(H,29,32)(H,30,35)(H,31,36)/t20-,21-,22-,27+/m0/s1. The van der Waals surface area contributed by atoms with E-state index in [4.69, 9.17) is 9.47 Å². The fraction of sp³-hybridized carbons (Fsp3) is 0.593. The molecule has 1 heterocycles. The number of carbonyl (C=O) groups is 5. The largest absolute Gasteiger partial charge is 0.362 e. The first-order valence-electron chi connectivity index (χ1n) is 13.3. The molecule has 1 aromatic rings. The smallest absolute Gasteiger partial charge is 0.329 e. The van der Waals surface area contributed by atoms with E-state index in [1.54, 1.807) is 6.92 Å². The average Bonchev–Trinajstić information content (AvgIpc) is 3.69. The van der Waals surface area contributed by atoms with Crippen LogP contribution in [0.25, 0.3) is 0 Å². The van der Waals surface area contributed by atoms with Gasteiger partial charge in [-0.1, -0.05) is 44.2 Å². The highest BCUT2D eigenvalue weighted by atomic mass is 31.1. The molecule has 2 rings (SSSR count). The van der Waals surface area contributed by atoms with Crippen molar-refractivity contribution in [2.45, 2.75) is 70.7 Å². The summed E-state index contributed by atoms with van der Waals surface area (Å²) in [7, 11) is -0.623. The van der Waals surface area contributed by atoms with Gasteiger partial charge >= 0.3 is 8.69 Å². The summed E-state index contributed by atoms with van der Waals surface area (Å²) in [6.45, 7) is 5.82. The lowest BCUT2D eigenvalue weighted by atomic mass is 10.0. The van der Waals surface area contributed by atoms with Gasteiger partial charge in [0.05, 0.1) is 19.8 Å². The van der Waals surface area contributed by atoms with Crippen molar-refractivity contribution in [2.75, 3.05) is 26.6 Å². The number of ether oxygens (including phenoxy) is 2. The van der Waals surface area contributed by atoms with E-state index in [2.05, 4.69) is 25.8 Å². The first-order chi connectivity index (χ1) is 19.4. The van der Waals surface area contributed by atoms with Crippen LogP contribution in [0.2, 0.25) is 0 Å². The zero-order valence-electron chi connectivity index (χ0n) is 23.8. The van der Waals surface area contributed by atoms with Gasteiger partial charge in [-0.2, -0.15) is 0 Å². The molecular weight excluding hydrogens is 555 g/mol. The van der Waals surface area contributed by atoms with Gasteiger partial charge < -0.3 is 30.7 Å². The van der Waals surface area contributed by atoms with Crippen molar-refractivity contribution < 1.29 is 42.5 Å². The van der Waals surface area contributed by atoms with E-state index in [1.807, 2.05) is 44.2 Å². The Morgan fingerprint density at radius 2 is 1.61 bits per heavy atom. The van der Waals surface area contributed by atoms with Crippen LogP contribution in [0.3, 0.4) is 0 Å². The summed E-state index contributed by atoms with van der Waals surface area (Å²) in [6, 6.07) is 6.28. The summed E-state index contributed by atoms with van der Waals surface area (Å²) in [5.74, 6) is -2.64. The third kappa shape index (κ3) is 12.4. The van der Waals surface area contributed by atoms with Gasteiger partial charge in [0, 0.05) is 6.92 Å². The molecule has 0 spiro atoms. The number of Topliss-reactive ketones (excluding diaryl/α,β-unsaturated/α-hetero) is 1. The Kier molecular flexibility index (Phi) is 14.0. The Hall–Kier alpha value is -3.25. The number of epoxide rings is 1. The highest BCUT2D eigenvalue weighted by Gasteiger charge is 2.46. The van der Waals surface area contributed by atoms with Gasteiger partial charge in [-0.25, -0.2) is 4.57 Å². The van der Waals surface area contributed by atoms with Crippen LogP contribution in [-0.4, -0.2) is 79.7 Å². The molecular formula is C27H39N4O9P. The fourth-order valence-corrected chi connectivity index (χ4v) is 3.99. The average molecular weight is 595 g/mol. The van der Waals surface area contributed by atoms with Crippen LogP contribution in [0.1, 0.15) is 46.1 Å². The van der Waals surface area contributed by atoms with E-state index < -0.39 is 62.8 Å². The molecule has 0 aromatic heterocycles. The van der Waals surface area contributed by atoms with Gasteiger partial charge in [0.15, 0.2) is 12.6 Å². The number of ketones is 1. The van der Waals surface area contributed by atoms with Crippen molar-refractivity contribution >= 4 is 38.1 Å². The normalized spacial score (nSPS) is 18.2. The van der Waals surface area contributed by atoms with Crippen LogP contribution < -0.4 is 21.3 Å². The second kappa shape index (κ2) is 16.9. The van der Waals surface area contributed by atoms with Gasteiger partial charge in [0.1, 0.15) is 23.7 Å². The molecule has 1 fully saturated rings. The monoisotopic (exact) mass is 594 g/mol. The Labute approximate surface area is 241 Å². The molecule has 1 saturated heterocycles. The van der Waals surface area contributed by atoms with Gasteiger partial charge in [0.25, 0.3) is 0 Å². The van der Waals surface area contributed by atoms with Gasteiger partial charge in [-0.3, -0.25) is 28.5 Å². The Bertz CT molecular complexity index is 1070. The minimum Gasteiger partial charge on any atom is -0.362 e. The molecule has 14 heteroatoms. The maximum atomic E-state index is 13.3. The van der Waals surface area contributed by atoms with Gasteiger partial charge in [0.2, 0.25) is 23.6 Å². The van der Waals surface area contributed by atoms with Crippen molar-refractivity contribution in [3.8, 4) is 0 Å². The van der Waals surface area contributed by atoms with Crippen molar-refractivity contribution in [3.63, 3.8) is 0 Å². The molecule has 13 nitrogen and oxygen atoms in total. The second-order valence-electron chi connectivity index (χ2n) is 10.4. The quantitative estimate of drug-likeness (QED) is 0.0780. The van der Waals surface area contributed by atoms with Crippen molar-refractivity contribution in [1.29, 1.82) is 0 Å². The molecule has 226 valence electrons. The number of hydrogen-bond donors (Lipinski definition) is 4. The highest BCUT2D eigenvalue weighted by Crippen LogP contribution is 2.26. The topological polar surface area (TPSA) is 182 Å². The number of aryl methyl sites for hydroxylation is 1. The van der Waals surface area contributed by atoms with Crippen LogP contribution in [-0.2, 0) is 49.0 Å². The molecule has 4 N–H and O–H groups in total. The van der Waals surface area contributed by atoms with Crippen LogP contribution in [0.15, 0.2) is 30.3 Å². The number of rotatable bonds is 19. The van der Waals surface area contributed by atoms with Crippen molar-refractivity contribution in [2.24, 2.45) is 5.92 Å². The van der Waals surface area contributed by atoms with Crippen LogP contribution >= 0.6 is 8.69 Å². The van der Waals surface area contributed by atoms with Crippen LogP contribution in [0, 0.1) is 5.92 Å². The minimum atomic E-state index is -1.26. The molecule has 0 unspecified atom stereocenters. The number of benzene rings is 1. The Morgan fingerprint density at radius 3 is 2.20 bits per heavy atom. The van der Waals surface area contributed by atoms with E-state index in [0.717, 1.165) is 5.56 Å². The Balaban J connectivity index is 2.10. The zero-order valence-corrected chi connectivity index (χ0v) is 24.7. The lowest BCUT2D eigenvalue weighted by Gasteiger charge is -2.26. The lowest BCUT2D eigenvalue weighted by molar-refractivity contribution is -0.135. The Morgan fingerprint density at radius 1 is 0.976 bits per heavy atom. The molecule has 41 heavy (non-hydrogen) atoms.